The molecule has 2 amide bonds. The van der Waals surface area contributed by atoms with Crippen molar-refractivity contribution in [3.63, 3.8) is 0 Å². The van der Waals surface area contributed by atoms with Gasteiger partial charge in [0.05, 0.1) is 57.7 Å². The number of amides is 2. The van der Waals surface area contributed by atoms with E-state index in [2.05, 4.69) is 58.3 Å². The molecule has 5 N–H and O–H groups in total. The van der Waals surface area contributed by atoms with Crippen LogP contribution in [0.15, 0.2) is 104 Å². The van der Waals surface area contributed by atoms with Crippen LogP contribution < -0.4 is 55.0 Å². The van der Waals surface area contributed by atoms with Gasteiger partial charge in [-0.2, -0.15) is 0 Å². The SMILES string of the molecule is CNC(=O)CCNc1cc(-c2ccc(C)o2)nc2cc(OCCCN3CCCC3)c(OC)cc12.COc1cc2c(NC3CCN(C4CC4)CC3)cc(-c3ccc(C)o3)nc2cc1OCCCN1CCCC1.COc1cc2c(NC3CCNC(=O)C3)cc(-c3ccc(C)o3)nc2cc1OCCCN1CCCC1. The monoisotopic (exact) mass is 1450 g/mol. The number of hydrogen-bond donors (Lipinski definition) is 5. The second-order valence-corrected chi connectivity index (χ2v) is 28.9. The molecular formula is C83H108N12O11. The van der Waals surface area contributed by atoms with Crippen LogP contribution in [0.2, 0.25) is 0 Å². The van der Waals surface area contributed by atoms with Gasteiger partial charge in [-0.15, -0.1) is 0 Å². The molecule has 15 rings (SSSR count). The maximum Gasteiger partial charge on any atom is 0.222 e. The standard InChI is InChI=1S/C30H40N4O3.C27H34N4O4.C26H34N4O4/c1-21-6-9-28(37-21)27-19-25(31-22-10-15-34(16-11-22)23-7-8-23)24-18-29(35-2)30(20-26(24)32-27)36-17-5-14-33-12-3-4-13-33;1-18-6-7-24(35-18)23-16-21(29-19-8-9-28-27(32)14-19)20-15-25(33-2)26(17-22(20)30-23)34-13-5-12-31-10-3-4-11-31;1-18-7-8-23(34-18)22-16-20(28-10-9-26(31)27-2)19-15-24(32-3)25(17-21(19)29-22)33-14-6-13-30-11-4-5-12-30/h6,9,18-20,22-23H,3-5,7-8,10-17H2,1-2H3,(H,31,32);6-7,15-17,19H,3-5,8-14H2,1-2H3,(H,28,32)(H,29,30);7-8,15-17H,4-6,9-14H2,1-3H3,(H,27,31)(H,28,29). The number of benzene rings is 3. The lowest BCUT2D eigenvalue weighted by Gasteiger charge is -2.33. The average Bonchev–Trinajstić information content (AvgIpc) is 1.13. The fraction of sp³-hybridized carbons (Fsp3) is 0.506. The second kappa shape index (κ2) is 36.3. The average molecular weight is 1450 g/mol. The topological polar surface area (TPSA) is 241 Å². The van der Waals surface area contributed by atoms with Gasteiger partial charge < -0.3 is 87.9 Å². The third-order valence-corrected chi connectivity index (χ3v) is 21.0. The van der Waals surface area contributed by atoms with Crippen molar-refractivity contribution in [1.82, 2.24) is 45.2 Å². The number of carbonyl (C=O) groups is 2. The zero-order valence-corrected chi connectivity index (χ0v) is 63.1. The zero-order chi connectivity index (χ0) is 73.3. The maximum atomic E-state index is 12.0. The summed E-state index contributed by atoms with van der Waals surface area (Å²) in [5.74, 6) is 8.96. The van der Waals surface area contributed by atoms with E-state index in [0.29, 0.717) is 92.0 Å². The molecule has 11 heterocycles. The number of likely N-dealkylation sites (tertiary alicyclic amines) is 4. The van der Waals surface area contributed by atoms with Crippen LogP contribution in [-0.4, -0.2) is 198 Å². The number of rotatable bonds is 30. The van der Waals surface area contributed by atoms with E-state index in [4.69, 9.17) is 56.6 Å². The Kier molecular flexibility index (Phi) is 25.7. The molecule has 1 saturated carbocycles. The van der Waals surface area contributed by atoms with Gasteiger partial charge in [0.25, 0.3) is 0 Å². The van der Waals surface area contributed by atoms with E-state index in [0.717, 1.165) is 160 Å². The van der Waals surface area contributed by atoms with Crippen LogP contribution >= 0.6 is 0 Å². The number of nitrogens with zero attached hydrogens (tertiary/aromatic N) is 7. The van der Waals surface area contributed by atoms with Gasteiger partial charge in [-0.25, -0.2) is 15.0 Å². The molecular weight excluding hydrogens is 1340 g/mol. The van der Waals surface area contributed by atoms with Gasteiger partial charge in [-0.05, 0) is 223 Å². The van der Waals surface area contributed by atoms with E-state index in [1.807, 2.05) is 99.6 Å². The van der Waals surface area contributed by atoms with Gasteiger partial charge in [0.1, 0.15) is 34.4 Å². The summed E-state index contributed by atoms with van der Waals surface area (Å²) in [6.07, 6.45) is 17.5. The number of furan rings is 3. The number of hydrogen-bond acceptors (Lipinski definition) is 21. The summed E-state index contributed by atoms with van der Waals surface area (Å²) in [4.78, 5) is 48.5. The van der Waals surface area contributed by atoms with Crippen molar-refractivity contribution in [2.45, 2.75) is 142 Å². The van der Waals surface area contributed by atoms with Crippen LogP contribution in [0.25, 0.3) is 67.1 Å². The third-order valence-electron chi connectivity index (χ3n) is 21.0. The molecule has 23 nitrogen and oxygen atoms in total. The highest BCUT2D eigenvalue weighted by molar-refractivity contribution is 5.98. The molecule has 1 unspecified atom stereocenters. The lowest BCUT2D eigenvalue weighted by Crippen LogP contribution is -2.40. The number of carbonyl (C=O) groups excluding carboxylic acids is 2. The number of piperidine rings is 2. The van der Waals surface area contributed by atoms with E-state index < -0.39 is 0 Å². The van der Waals surface area contributed by atoms with Gasteiger partial charge in [-0.3, -0.25) is 9.59 Å². The highest BCUT2D eigenvalue weighted by atomic mass is 16.5. The summed E-state index contributed by atoms with van der Waals surface area (Å²) in [6.45, 7) is 21.6. The summed E-state index contributed by atoms with van der Waals surface area (Å²) in [7, 11) is 6.65. The Hall–Kier alpha value is -9.29. The van der Waals surface area contributed by atoms with Crippen molar-refractivity contribution in [2.24, 2.45) is 0 Å². The zero-order valence-electron chi connectivity index (χ0n) is 63.1. The smallest absolute Gasteiger partial charge is 0.222 e. The summed E-state index contributed by atoms with van der Waals surface area (Å²) < 4.78 is 53.3. The largest absolute Gasteiger partial charge is 0.493 e. The first-order chi connectivity index (χ1) is 51.8. The molecule has 5 saturated heterocycles. The van der Waals surface area contributed by atoms with Crippen LogP contribution in [0.3, 0.4) is 0 Å². The van der Waals surface area contributed by atoms with Gasteiger partial charge >= 0.3 is 0 Å². The molecule has 1 atom stereocenters. The van der Waals surface area contributed by atoms with Gasteiger partial charge in [-0.1, -0.05) is 0 Å². The minimum atomic E-state index is -0.0186. The minimum Gasteiger partial charge on any atom is -0.493 e. The fourth-order valence-electron chi connectivity index (χ4n) is 15.1. The summed E-state index contributed by atoms with van der Waals surface area (Å²) in [6, 6.07) is 31.0. The van der Waals surface area contributed by atoms with Crippen molar-refractivity contribution in [1.29, 1.82) is 0 Å². The van der Waals surface area contributed by atoms with Crippen molar-refractivity contribution >= 4 is 61.6 Å². The molecule has 0 radical (unpaired) electrons. The van der Waals surface area contributed by atoms with Crippen molar-refractivity contribution in [3.05, 3.63) is 108 Å². The predicted octanol–water partition coefficient (Wildman–Crippen LogP) is 14.3. The molecule has 9 aromatic rings. The number of ether oxygens (including phenoxy) is 6. The molecule has 5 aliphatic heterocycles. The second-order valence-electron chi connectivity index (χ2n) is 28.9. The van der Waals surface area contributed by atoms with Crippen molar-refractivity contribution in [3.8, 4) is 68.9 Å². The molecule has 6 fully saturated rings. The molecule has 6 aromatic heterocycles. The molecule has 6 aliphatic rings. The van der Waals surface area contributed by atoms with Crippen LogP contribution in [0.4, 0.5) is 17.1 Å². The Morgan fingerprint density at radius 3 is 1.25 bits per heavy atom. The van der Waals surface area contributed by atoms with Crippen molar-refractivity contribution in [2.75, 3.05) is 149 Å². The van der Waals surface area contributed by atoms with Gasteiger partial charge in [0.15, 0.2) is 51.8 Å². The quantitative estimate of drug-likeness (QED) is 0.0263. The molecule has 1 aliphatic carbocycles. The van der Waals surface area contributed by atoms with E-state index in [9.17, 15) is 9.59 Å². The van der Waals surface area contributed by atoms with E-state index in [1.165, 1.54) is 104 Å². The fourth-order valence-corrected chi connectivity index (χ4v) is 15.1. The Morgan fingerprint density at radius 2 is 0.887 bits per heavy atom. The van der Waals surface area contributed by atoms with Gasteiger partial charge in [0, 0.05) is 135 Å². The predicted molar refractivity (Wildman–Crippen MR) is 418 cm³/mol. The Morgan fingerprint density at radius 1 is 0.491 bits per heavy atom. The third kappa shape index (κ3) is 19.8. The molecule has 566 valence electrons. The number of anilines is 3. The van der Waals surface area contributed by atoms with E-state index >= 15 is 0 Å². The normalized spacial score (nSPS) is 17.4. The number of aryl methyl sites for hydroxylation is 3. The van der Waals surface area contributed by atoms with Crippen LogP contribution in [-0.2, 0) is 9.59 Å². The lowest BCUT2D eigenvalue weighted by atomic mass is 10.0. The first kappa shape index (κ1) is 75.0. The Bertz CT molecular complexity index is 4390. The lowest BCUT2D eigenvalue weighted by molar-refractivity contribution is -0.122. The van der Waals surface area contributed by atoms with Gasteiger partial charge in [0.2, 0.25) is 11.8 Å². The molecule has 106 heavy (non-hydrogen) atoms. The van der Waals surface area contributed by atoms with Crippen LogP contribution in [0.5, 0.6) is 34.5 Å². The molecule has 0 spiro atoms. The summed E-state index contributed by atoms with van der Waals surface area (Å²) >= 11 is 0. The van der Waals surface area contributed by atoms with Crippen LogP contribution in [0.1, 0.15) is 120 Å². The molecule has 0 bridgehead atoms. The highest BCUT2D eigenvalue weighted by Gasteiger charge is 2.32. The first-order valence-corrected chi connectivity index (χ1v) is 38.6. The number of aromatic nitrogens is 3. The first-order valence-electron chi connectivity index (χ1n) is 38.6. The number of pyridine rings is 3. The maximum absolute atomic E-state index is 12.0. The number of fused-ring (bicyclic) bond motifs is 3. The minimum absolute atomic E-state index is 0.0186. The highest BCUT2D eigenvalue weighted by Crippen LogP contribution is 2.42. The number of methoxy groups -OCH3 is 3. The molecule has 3 aromatic carbocycles. The summed E-state index contributed by atoms with van der Waals surface area (Å²) in [5.41, 5.74) is 7.57. The van der Waals surface area contributed by atoms with E-state index in [1.54, 1.807) is 28.4 Å². The summed E-state index contributed by atoms with van der Waals surface area (Å²) in [5, 5.41) is 19.2. The Balaban J connectivity index is 0.000000141. The Labute approximate surface area is 623 Å². The van der Waals surface area contributed by atoms with Crippen LogP contribution in [0, 0.1) is 20.8 Å². The van der Waals surface area contributed by atoms with E-state index in [-0.39, 0.29) is 17.9 Å². The number of nitrogens with one attached hydrogen (secondary N) is 5. The molecule has 23 heteroatoms. The van der Waals surface area contributed by atoms with Crippen molar-refractivity contribution < 1.29 is 51.3 Å².